The Hall–Kier alpha value is -9.02. The minimum Gasteiger partial charge on any atom is -0.545 e. The number of aromatic nitrogens is 9. The van der Waals surface area contributed by atoms with Crippen LogP contribution in [-0.2, 0) is 29.1 Å². The number of urea groups is 2. The van der Waals surface area contributed by atoms with Gasteiger partial charge in [-0.3, -0.25) is 14.0 Å². The zero-order valence-corrected chi connectivity index (χ0v) is 65.6. The summed E-state index contributed by atoms with van der Waals surface area (Å²) in [4.78, 5) is 60.4. The van der Waals surface area contributed by atoms with E-state index in [0.29, 0.717) is 74.7 Å². The molecular formula is C75H66Cl3F6N14NaO8S3. The fourth-order valence-corrected chi connectivity index (χ4v) is 16.8. The second-order valence-electron chi connectivity index (χ2n) is 25.4. The molecule has 12 aromatic rings. The minimum absolute atomic E-state index is 0. The van der Waals surface area contributed by atoms with Crippen molar-refractivity contribution in [2.24, 2.45) is 17.2 Å². The Bertz CT molecular complexity index is 5570. The molecule has 0 saturated heterocycles. The summed E-state index contributed by atoms with van der Waals surface area (Å²) in [6.07, 6.45) is 15.5. The third-order valence-electron chi connectivity index (χ3n) is 17.9. The summed E-state index contributed by atoms with van der Waals surface area (Å²) in [5.74, 6) is -6.73. The van der Waals surface area contributed by atoms with Gasteiger partial charge in [0, 0.05) is 124 Å². The van der Waals surface area contributed by atoms with Crippen molar-refractivity contribution in [2.75, 3.05) is 32.8 Å². The quantitative estimate of drug-likeness (QED) is 0.0202. The number of nitrogens with zero attached hydrogens (tertiary/aromatic N) is 9. The van der Waals surface area contributed by atoms with Crippen LogP contribution in [0.15, 0.2) is 158 Å². The van der Waals surface area contributed by atoms with Crippen LogP contribution in [-0.4, -0.2) is 106 Å². The molecular weight excluding hydrogens is 1560 g/mol. The van der Waals surface area contributed by atoms with E-state index in [0.717, 1.165) is 90.1 Å². The summed E-state index contributed by atoms with van der Waals surface area (Å²) in [6, 6.07) is 21.5. The van der Waals surface area contributed by atoms with Crippen LogP contribution in [0.4, 0.5) is 35.9 Å². The van der Waals surface area contributed by atoms with Gasteiger partial charge < -0.3 is 60.9 Å². The molecule has 0 bridgehead atoms. The van der Waals surface area contributed by atoms with Crippen LogP contribution in [0.1, 0.15) is 118 Å². The molecule has 8 N–H and O–H groups in total. The van der Waals surface area contributed by atoms with Crippen molar-refractivity contribution < 1.29 is 94.5 Å². The number of esters is 2. The minimum atomic E-state index is -1.61. The van der Waals surface area contributed by atoms with E-state index in [4.69, 9.17) is 61.5 Å². The topological polar surface area (TPSA) is 297 Å². The normalized spacial score (nSPS) is 13.2. The molecule has 3 saturated carbocycles. The van der Waals surface area contributed by atoms with Gasteiger partial charge in [-0.25, -0.2) is 45.5 Å². The van der Waals surface area contributed by atoms with Crippen LogP contribution >= 0.6 is 70.1 Å². The number of halogens is 9. The van der Waals surface area contributed by atoms with Gasteiger partial charge in [0.05, 0.1) is 117 Å². The predicted octanol–water partition coefficient (Wildman–Crippen LogP) is 12.4. The van der Waals surface area contributed by atoms with Gasteiger partial charge in [-0.2, -0.15) is 15.3 Å². The first-order valence-electron chi connectivity index (χ1n) is 34.4. The SMILES string of the molecule is CCOC(=O)c1cccc(Sc2c(C3CC3)n(-c3cnn(CCN)c3)c3c(F)c(Cl)ccc23)c1F.CCOC(=O)c1cccc(Sc2c(C3CC3)n(-c3cnn(CCNC(N)=O)c3)c3c(F)c(Cl)ccc23)c1F.NC(=O)NCCn1cc(-n2c(C3CC3)c(Sc3cccc(C(=O)[O-])c3F)c3ccc(Cl)c(F)c32)cn1.[Na+]. The summed E-state index contributed by atoms with van der Waals surface area (Å²) < 4.78 is 113. The van der Waals surface area contributed by atoms with E-state index in [1.807, 2.05) is 10.8 Å². The number of hydrogen-bond donors (Lipinski definition) is 5. The molecule has 3 aliphatic carbocycles. The van der Waals surface area contributed by atoms with Crippen LogP contribution in [0.3, 0.4) is 0 Å². The fraction of sp³-hybridized carbons (Fsp3) is 0.253. The third kappa shape index (κ3) is 16.9. The van der Waals surface area contributed by atoms with Gasteiger partial charge in [-0.05, 0) is 119 Å². The number of rotatable bonds is 25. The summed E-state index contributed by atoms with van der Waals surface area (Å²) in [7, 11) is 0. The number of carbonyl (C=O) groups excluding carboxylic acids is 5. The van der Waals surface area contributed by atoms with E-state index < -0.39 is 70.4 Å². The molecule has 566 valence electrons. The molecule has 6 aromatic heterocycles. The molecule has 0 unspecified atom stereocenters. The van der Waals surface area contributed by atoms with E-state index in [9.17, 15) is 29.1 Å². The van der Waals surface area contributed by atoms with E-state index in [1.165, 1.54) is 54.2 Å². The second-order valence-corrected chi connectivity index (χ2v) is 29.8. The molecule has 15 rings (SSSR count). The van der Waals surface area contributed by atoms with Crippen molar-refractivity contribution >= 4 is 133 Å². The van der Waals surface area contributed by atoms with Crippen molar-refractivity contribution in [3.63, 3.8) is 0 Å². The Morgan fingerprint density at radius 3 is 1.08 bits per heavy atom. The summed E-state index contributed by atoms with van der Waals surface area (Å²) >= 11 is 21.9. The third-order valence-corrected chi connectivity index (χ3v) is 22.3. The Labute approximate surface area is 673 Å². The van der Waals surface area contributed by atoms with Crippen LogP contribution < -0.4 is 62.5 Å². The molecule has 0 aliphatic heterocycles. The number of carbonyl (C=O) groups is 5. The summed E-state index contributed by atoms with van der Waals surface area (Å²) in [6.45, 7) is 5.76. The summed E-state index contributed by atoms with van der Waals surface area (Å²) in [5, 5.41) is 31.0. The van der Waals surface area contributed by atoms with Gasteiger partial charge in [0.2, 0.25) is 0 Å². The number of aromatic carboxylic acids is 1. The Kier molecular flexibility index (Phi) is 25.4. The van der Waals surface area contributed by atoms with Crippen molar-refractivity contribution in [1.29, 1.82) is 0 Å². The first-order valence-corrected chi connectivity index (χ1v) is 37.9. The van der Waals surface area contributed by atoms with Gasteiger partial charge in [0.1, 0.15) is 5.82 Å². The smallest absolute Gasteiger partial charge is 0.545 e. The maximum atomic E-state index is 15.6. The van der Waals surface area contributed by atoms with Crippen LogP contribution in [0.2, 0.25) is 15.1 Å². The molecule has 3 aliphatic rings. The van der Waals surface area contributed by atoms with E-state index in [-0.39, 0.29) is 126 Å². The average molecular weight is 1630 g/mol. The van der Waals surface area contributed by atoms with Gasteiger partial charge >= 0.3 is 53.6 Å². The number of fused-ring (bicyclic) bond motifs is 3. The first-order chi connectivity index (χ1) is 52.5. The Morgan fingerprint density at radius 1 is 0.482 bits per heavy atom. The number of primary amides is 2. The molecule has 110 heavy (non-hydrogen) atoms. The zero-order chi connectivity index (χ0) is 77.2. The van der Waals surface area contributed by atoms with Crippen molar-refractivity contribution in [3.05, 3.63) is 212 Å². The van der Waals surface area contributed by atoms with Crippen LogP contribution in [0.5, 0.6) is 0 Å². The zero-order valence-electron chi connectivity index (χ0n) is 58.9. The maximum Gasteiger partial charge on any atom is 1.00 e. The van der Waals surface area contributed by atoms with Gasteiger partial charge in [0.25, 0.3) is 0 Å². The second kappa shape index (κ2) is 34.7. The molecule has 6 heterocycles. The number of amides is 4. The van der Waals surface area contributed by atoms with Gasteiger partial charge in [-0.15, -0.1) is 0 Å². The Morgan fingerprint density at radius 2 is 0.791 bits per heavy atom. The first kappa shape index (κ1) is 80.5. The summed E-state index contributed by atoms with van der Waals surface area (Å²) in [5.41, 5.74) is 20.2. The molecule has 22 nitrogen and oxygen atoms in total. The molecule has 35 heteroatoms. The number of carboxylic acids is 1. The predicted molar refractivity (Wildman–Crippen MR) is 400 cm³/mol. The fourth-order valence-electron chi connectivity index (χ4n) is 12.7. The van der Waals surface area contributed by atoms with Gasteiger partial charge in [0.15, 0.2) is 29.1 Å². The largest absolute Gasteiger partial charge is 1.00 e. The number of nitrogens with two attached hydrogens (primary N) is 3. The van der Waals surface area contributed by atoms with Crippen LogP contribution in [0.25, 0.3) is 49.8 Å². The van der Waals surface area contributed by atoms with Gasteiger partial charge in [-0.1, -0.05) is 94.4 Å². The molecule has 6 aromatic carbocycles. The van der Waals surface area contributed by atoms with Crippen LogP contribution in [0, 0.1) is 34.9 Å². The molecule has 4 amide bonds. The number of benzene rings is 6. The number of ether oxygens (including phenoxy) is 2. The van der Waals surface area contributed by atoms with Crippen molar-refractivity contribution in [3.8, 4) is 17.1 Å². The maximum absolute atomic E-state index is 15.6. The van der Waals surface area contributed by atoms with E-state index in [1.54, 1.807) is 110 Å². The Balaban J connectivity index is 0.000000153. The number of carboxylic acid groups (broad SMARTS) is 1. The van der Waals surface area contributed by atoms with Crippen molar-refractivity contribution in [2.45, 2.75) is 119 Å². The molecule has 0 spiro atoms. The monoisotopic (exact) mass is 1630 g/mol. The number of hydrogen-bond acceptors (Lipinski definition) is 15. The molecule has 0 atom stereocenters. The average Bonchev–Trinajstić information content (AvgIpc) is 1.58. The molecule has 0 radical (unpaired) electrons. The number of nitrogens with one attached hydrogen (secondary N) is 2. The molecule has 3 fully saturated rings. The van der Waals surface area contributed by atoms with E-state index in [2.05, 4.69) is 25.9 Å². The van der Waals surface area contributed by atoms with Crippen molar-refractivity contribution in [1.82, 2.24) is 53.7 Å². The van der Waals surface area contributed by atoms with E-state index >= 15 is 26.3 Å². The standard InChI is InChI=1S/C26H24ClF2N5O3S.C25H23ClF2N4O2S.C24H20ClF2N5O3S.Na/c1-2-37-25(35)16-4-3-5-19(20(16)28)38-24-17-8-9-18(27)21(29)23(17)34(22(24)14-6-7-14)15-12-32-33(13-15)11-10-31-26(30)36;1-2-34-25(33)16-4-3-5-19(20(16)27)35-24-17-8-9-18(26)21(28)23(17)32(22(24)14-6-7-14)15-12-30-31(13-15)11-10-29;25-16-7-6-15-21(19(16)27)32(13-10-30-31(11-13)9-8-29-24(28)35)20(12-4-5-12)22(15)36-17-3-1-2-14(18(17)26)23(33)34;/h3-5,8-9,12-14H,2,6-7,10-11H2,1H3,(H3,30,31,36);3-5,8-9,12-14H,2,6-7,10-11,29H2,1H3;1-3,6-7,10-12H,4-5,8-9H2,(H,33,34)(H3,28,29,35);/q;;;+1/p-1.